The van der Waals surface area contributed by atoms with Gasteiger partial charge >= 0.3 is 0 Å². The maximum absolute atomic E-state index is 10.8. The first-order valence-corrected chi connectivity index (χ1v) is 5.28. The molecular weight excluding hydrogens is 180 g/mol. The average Bonchev–Trinajstić information content (AvgIpc) is 2.64. The molecule has 14 heavy (non-hydrogen) atoms. The van der Waals surface area contributed by atoms with Crippen molar-refractivity contribution in [3.05, 3.63) is 0 Å². The van der Waals surface area contributed by atoms with Crippen LogP contribution < -0.4 is 11.1 Å². The molecule has 4 heteroatoms. The van der Waals surface area contributed by atoms with Gasteiger partial charge in [0.05, 0.1) is 6.61 Å². The van der Waals surface area contributed by atoms with E-state index in [1.165, 1.54) is 25.7 Å². The summed E-state index contributed by atoms with van der Waals surface area (Å²) in [6.07, 6.45) is 5.17. The SMILES string of the molecule is CNC(COCC1CCCC1)C(N)=O. The third-order valence-corrected chi connectivity index (χ3v) is 2.80. The van der Waals surface area contributed by atoms with Gasteiger partial charge in [-0.1, -0.05) is 12.8 Å². The van der Waals surface area contributed by atoms with Crippen LogP contribution in [0.2, 0.25) is 0 Å². The van der Waals surface area contributed by atoms with Crippen molar-refractivity contribution in [2.24, 2.45) is 11.7 Å². The number of carbonyl (C=O) groups excluding carboxylic acids is 1. The number of hydrogen-bond acceptors (Lipinski definition) is 3. The molecule has 0 heterocycles. The van der Waals surface area contributed by atoms with Gasteiger partial charge in [-0.2, -0.15) is 0 Å². The highest BCUT2D eigenvalue weighted by molar-refractivity contribution is 5.79. The third-order valence-electron chi connectivity index (χ3n) is 2.80. The number of nitrogens with two attached hydrogens (primary N) is 1. The number of rotatable bonds is 6. The summed E-state index contributed by atoms with van der Waals surface area (Å²) < 4.78 is 5.47. The Bertz CT molecular complexity index is 179. The highest BCUT2D eigenvalue weighted by Crippen LogP contribution is 2.24. The summed E-state index contributed by atoms with van der Waals surface area (Å²) in [5.41, 5.74) is 5.16. The quantitative estimate of drug-likeness (QED) is 0.646. The summed E-state index contributed by atoms with van der Waals surface area (Å²) in [5.74, 6) is 0.347. The molecule has 1 amide bonds. The van der Waals surface area contributed by atoms with E-state index in [0.29, 0.717) is 12.5 Å². The van der Waals surface area contributed by atoms with Crippen LogP contribution in [0.1, 0.15) is 25.7 Å². The van der Waals surface area contributed by atoms with Gasteiger partial charge in [0.15, 0.2) is 0 Å². The molecule has 1 saturated carbocycles. The first-order chi connectivity index (χ1) is 6.74. The van der Waals surface area contributed by atoms with Crippen LogP contribution in [0.15, 0.2) is 0 Å². The zero-order valence-electron chi connectivity index (χ0n) is 8.79. The van der Waals surface area contributed by atoms with Crippen molar-refractivity contribution in [1.29, 1.82) is 0 Å². The van der Waals surface area contributed by atoms with Crippen molar-refractivity contribution in [3.8, 4) is 0 Å². The van der Waals surface area contributed by atoms with Gasteiger partial charge in [-0.15, -0.1) is 0 Å². The molecule has 82 valence electrons. The summed E-state index contributed by atoms with van der Waals surface area (Å²) in [6.45, 7) is 1.16. The zero-order valence-corrected chi connectivity index (χ0v) is 8.79. The number of nitrogens with one attached hydrogen (secondary N) is 1. The lowest BCUT2D eigenvalue weighted by atomic mass is 10.1. The molecule has 0 aromatic carbocycles. The highest BCUT2D eigenvalue weighted by atomic mass is 16.5. The van der Waals surface area contributed by atoms with Crippen LogP contribution in [0.4, 0.5) is 0 Å². The molecule has 1 unspecified atom stereocenters. The number of ether oxygens (including phenoxy) is 1. The molecule has 0 radical (unpaired) electrons. The van der Waals surface area contributed by atoms with Crippen LogP contribution in [-0.4, -0.2) is 32.2 Å². The fourth-order valence-electron chi connectivity index (χ4n) is 1.84. The normalized spacial score (nSPS) is 19.8. The van der Waals surface area contributed by atoms with Crippen molar-refractivity contribution < 1.29 is 9.53 Å². The largest absolute Gasteiger partial charge is 0.379 e. The van der Waals surface area contributed by atoms with Crippen molar-refractivity contribution in [1.82, 2.24) is 5.32 Å². The summed E-state index contributed by atoms with van der Waals surface area (Å²) in [6, 6.07) is -0.351. The number of primary amides is 1. The molecule has 0 aromatic rings. The Hall–Kier alpha value is -0.610. The Morgan fingerprint density at radius 1 is 1.57 bits per heavy atom. The Balaban J connectivity index is 2.09. The van der Waals surface area contributed by atoms with E-state index in [9.17, 15) is 4.79 Å². The molecule has 1 aliphatic rings. The van der Waals surface area contributed by atoms with Gasteiger partial charge in [0, 0.05) is 6.61 Å². The molecule has 1 rings (SSSR count). The molecule has 0 bridgehead atoms. The molecule has 0 saturated heterocycles. The molecule has 3 N–H and O–H groups in total. The Morgan fingerprint density at radius 3 is 2.71 bits per heavy atom. The van der Waals surface area contributed by atoms with Crippen LogP contribution >= 0.6 is 0 Å². The van der Waals surface area contributed by atoms with E-state index in [-0.39, 0.29) is 11.9 Å². The maximum Gasteiger partial charge on any atom is 0.236 e. The topological polar surface area (TPSA) is 64.3 Å². The van der Waals surface area contributed by atoms with Gasteiger partial charge in [-0.25, -0.2) is 0 Å². The standard InChI is InChI=1S/C10H20N2O2/c1-12-9(10(11)13)7-14-6-8-4-2-3-5-8/h8-9,12H,2-7H2,1H3,(H2,11,13). The van der Waals surface area contributed by atoms with Gasteiger partial charge in [-0.05, 0) is 25.8 Å². The molecule has 1 aliphatic carbocycles. The minimum atomic E-state index is -0.351. The predicted octanol–water partition coefficient (Wildman–Crippen LogP) is 0.267. The molecule has 0 aliphatic heterocycles. The van der Waals surface area contributed by atoms with E-state index in [2.05, 4.69) is 5.32 Å². The summed E-state index contributed by atoms with van der Waals surface area (Å²) in [7, 11) is 1.72. The lowest BCUT2D eigenvalue weighted by Gasteiger charge is -2.14. The van der Waals surface area contributed by atoms with E-state index in [1.54, 1.807) is 7.05 Å². The average molecular weight is 200 g/mol. The van der Waals surface area contributed by atoms with Gasteiger partial charge in [-0.3, -0.25) is 4.79 Å². The number of carbonyl (C=O) groups is 1. The first kappa shape index (κ1) is 11.5. The number of likely N-dealkylation sites (N-methyl/N-ethyl adjacent to an activating group) is 1. The molecular formula is C10H20N2O2. The van der Waals surface area contributed by atoms with Gasteiger partial charge in [0.25, 0.3) is 0 Å². The summed E-state index contributed by atoms with van der Waals surface area (Å²) >= 11 is 0. The van der Waals surface area contributed by atoms with Crippen LogP contribution in [0.3, 0.4) is 0 Å². The fraction of sp³-hybridized carbons (Fsp3) is 0.900. The van der Waals surface area contributed by atoms with E-state index in [0.717, 1.165) is 6.61 Å². The fourth-order valence-corrected chi connectivity index (χ4v) is 1.84. The van der Waals surface area contributed by atoms with Gasteiger partial charge in [0.2, 0.25) is 5.91 Å². The number of amides is 1. The minimum Gasteiger partial charge on any atom is -0.379 e. The third kappa shape index (κ3) is 3.64. The van der Waals surface area contributed by atoms with Crippen molar-refractivity contribution in [2.75, 3.05) is 20.3 Å². The second-order valence-electron chi connectivity index (χ2n) is 3.93. The lowest BCUT2D eigenvalue weighted by molar-refractivity contribution is -0.121. The monoisotopic (exact) mass is 200 g/mol. The highest BCUT2D eigenvalue weighted by Gasteiger charge is 2.17. The first-order valence-electron chi connectivity index (χ1n) is 5.28. The minimum absolute atomic E-state index is 0.348. The maximum atomic E-state index is 10.8. The molecule has 0 aromatic heterocycles. The number of hydrogen-bond donors (Lipinski definition) is 2. The molecule has 4 nitrogen and oxygen atoms in total. The van der Waals surface area contributed by atoms with E-state index < -0.39 is 0 Å². The van der Waals surface area contributed by atoms with Gasteiger partial charge < -0.3 is 15.8 Å². The van der Waals surface area contributed by atoms with Crippen LogP contribution in [-0.2, 0) is 9.53 Å². The van der Waals surface area contributed by atoms with E-state index in [4.69, 9.17) is 10.5 Å². The second kappa shape index (κ2) is 5.98. The smallest absolute Gasteiger partial charge is 0.236 e. The predicted molar refractivity (Wildman–Crippen MR) is 54.8 cm³/mol. The van der Waals surface area contributed by atoms with Crippen LogP contribution in [0.5, 0.6) is 0 Å². The van der Waals surface area contributed by atoms with Crippen molar-refractivity contribution in [2.45, 2.75) is 31.7 Å². The van der Waals surface area contributed by atoms with E-state index >= 15 is 0 Å². The Kier molecular flexibility index (Phi) is 4.90. The summed E-state index contributed by atoms with van der Waals surface area (Å²) in [5, 5.41) is 2.83. The molecule has 1 atom stereocenters. The second-order valence-corrected chi connectivity index (χ2v) is 3.93. The summed E-state index contributed by atoms with van der Waals surface area (Å²) in [4.78, 5) is 10.8. The Labute approximate surface area is 85.2 Å². The zero-order chi connectivity index (χ0) is 10.4. The van der Waals surface area contributed by atoms with Crippen molar-refractivity contribution in [3.63, 3.8) is 0 Å². The van der Waals surface area contributed by atoms with Crippen LogP contribution in [0, 0.1) is 5.92 Å². The van der Waals surface area contributed by atoms with Crippen LogP contribution in [0.25, 0.3) is 0 Å². The Morgan fingerprint density at radius 2 is 2.21 bits per heavy atom. The molecule has 0 spiro atoms. The molecule has 1 fully saturated rings. The van der Waals surface area contributed by atoms with Gasteiger partial charge in [0.1, 0.15) is 6.04 Å². The van der Waals surface area contributed by atoms with E-state index in [1.807, 2.05) is 0 Å². The van der Waals surface area contributed by atoms with Crippen molar-refractivity contribution >= 4 is 5.91 Å². The lowest BCUT2D eigenvalue weighted by Crippen LogP contribution is -2.42.